The summed E-state index contributed by atoms with van der Waals surface area (Å²) in [7, 11) is -1.67. The van der Waals surface area contributed by atoms with Crippen LogP contribution >= 0.6 is 0 Å². The number of hydrogen-bond donors (Lipinski definition) is 3. The maximum atomic E-state index is 13.8. The highest BCUT2D eigenvalue weighted by molar-refractivity contribution is 8.12. The van der Waals surface area contributed by atoms with Gasteiger partial charge in [0, 0.05) is 13.1 Å². The van der Waals surface area contributed by atoms with Gasteiger partial charge in [-0.1, -0.05) is 48.5 Å². The molecule has 2 aromatic rings. The van der Waals surface area contributed by atoms with Crippen LogP contribution in [0.1, 0.15) is 50.7 Å². The first-order chi connectivity index (χ1) is 19.0. The normalized spacial score (nSPS) is 21.4. The number of methoxy groups -OCH3 is 1. The summed E-state index contributed by atoms with van der Waals surface area (Å²) >= 11 is 0. The fraction of sp³-hybridized carbons (Fsp3) is 0.448. The third-order valence-corrected chi connectivity index (χ3v) is 10.3. The highest BCUT2D eigenvalue weighted by atomic mass is 32.2. The second-order valence-electron chi connectivity index (χ2n) is 11.3. The number of carbonyl (C=O) groups is 3. The Balaban J connectivity index is 1.33. The van der Waals surface area contributed by atoms with Crippen molar-refractivity contribution in [2.45, 2.75) is 62.9 Å². The molecule has 1 fully saturated rings. The van der Waals surface area contributed by atoms with E-state index in [2.05, 4.69) is 10.0 Å². The summed E-state index contributed by atoms with van der Waals surface area (Å²) in [6, 6.07) is 17.1. The van der Waals surface area contributed by atoms with Crippen LogP contribution < -0.4 is 20.1 Å². The van der Waals surface area contributed by atoms with E-state index in [4.69, 9.17) is 10.5 Å². The maximum absolute atomic E-state index is 13.8. The molecule has 40 heavy (non-hydrogen) atoms. The molecule has 10 nitrogen and oxygen atoms in total. The number of ether oxygens (including phenoxy) is 1. The van der Waals surface area contributed by atoms with E-state index < -0.39 is 33.0 Å². The van der Waals surface area contributed by atoms with Crippen molar-refractivity contribution in [1.29, 1.82) is 0 Å². The summed E-state index contributed by atoms with van der Waals surface area (Å²) in [4.78, 5) is 41.0. The van der Waals surface area contributed by atoms with Gasteiger partial charge < -0.3 is 20.7 Å². The number of rotatable bonds is 8. The zero-order valence-corrected chi connectivity index (χ0v) is 24.0. The van der Waals surface area contributed by atoms with Crippen LogP contribution in [0, 0.1) is 0 Å². The lowest BCUT2D eigenvalue weighted by Crippen LogP contribution is -2.58. The first-order valence-corrected chi connectivity index (χ1v) is 15.1. The predicted molar refractivity (Wildman–Crippen MR) is 155 cm³/mol. The SMILES string of the molecule is COC(=O)NS1(=O)=C2N1c1ccccc1C21CCN(C(=O)[C@@H](CCCc2ccccc2)NC(=O)C(C)(C)N)CC1. The monoisotopic (exact) mass is 567 g/mol. The van der Waals surface area contributed by atoms with Gasteiger partial charge in [-0.25, -0.2) is 18.0 Å². The number of nitrogens with one attached hydrogen (secondary N) is 2. The molecule has 0 bridgehead atoms. The largest absolute Gasteiger partial charge is 0.452 e. The van der Waals surface area contributed by atoms with Crippen LogP contribution in [0.15, 0.2) is 54.6 Å². The number of fused-ring (bicyclic) bond motifs is 5. The molecular formula is C29H37N5O5S. The van der Waals surface area contributed by atoms with Crippen LogP contribution in [0.5, 0.6) is 0 Å². The molecule has 3 amide bonds. The molecule has 2 aromatic carbocycles. The van der Waals surface area contributed by atoms with Crippen molar-refractivity contribution in [3.05, 3.63) is 65.7 Å². The summed E-state index contributed by atoms with van der Waals surface area (Å²) < 4.78 is 22.7. The lowest BCUT2D eigenvalue weighted by Gasteiger charge is -2.40. The van der Waals surface area contributed by atoms with Crippen molar-refractivity contribution in [1.82, 2.24) is 14.9 Å². The van der Waals surface area contributed by atoms with Crippen LogP contribution in [0.25, 0.3) is 0 Å². The predicted octanol–water partition coefficient (Wildman–Crippen LogP) is 2.23. The number of nitrogens with zero attached hydrogens (tertiary/aromatic N) is 2. The number of anilines is 1. The maximum Gasteiger partial charge on any atom is 0.419 e. The number of hydrogen-bond acceptors (Lipinski definition) is 6. The van der Waals surface area contributed by atoms with E-state index >= 15 is 0 Å². The van der Waals surface area contributed by atoms with Gasteiger partial charge in [-0.3, -0.25) is 9.59 Å². The Bertz CT molecular complexity index is 1440. The number of likely N-dealkylation sites (tertiary alicyclic amines) is 1. The van der Waals surface area contributed by atoms with Crippen molar-refractivity contribution in [3.63, 3.8) is 0 Å². The molecule has 214 valence electrons. The highest BCUT2D eigenvalue weighted by Gasteiger charge is 2.64. The molecule has 3 heterocycles. The molecule has 11 heteroatoms. The van der Waals surface area contributed by atoms with E-state index in [1.807, 2.05) is 54.6 Å². The van der Waals surface area contributed by atoms with Gasteiger partial charge in [-0.2, -0.15) is 0 Å². The van der Waals surface area contributed by atoms with E-state index in [0.29, 0.717) is 37.3 Å². The molecule has 3 aliphatic heterocycles. The molecule has 1 unspecified atom stereocenters. The third-order valence-electron chi connectivity index (χ3n) is 8.04. The van der Waals surface area contributed by atoms with Gasteiger partial charge in [0.15, 0.2) is 9.89 Å². The molecule has 1 spiro atoms. The summed E-state index contributed by atoms with van der Waals surface area (Å²) in [6.07, 6.45) is 2.36. The molecule has 0 saturated carbocycles. The number of para-hydroxylation sites is 1. The summed E-state index contributed by atoms with van der Waals surface area (Å²) in [6.45, 7) is 4.09. The van der Waals surface area contributed by atoms with Gasteiger partial charge in [0.1, 0.15) is 11.0 Å². The quantitative estimate of drug-likeness (QED) is 0.419. The Hall–Kier alpha value is -3.57. The van der Waals surface area contributed by atoms with Crippen molar-refractivity contribution in [2.75, 3.05) is 24.5 Å². The van der Waals surface area contributed by atoms with Crippen LogP contribution in [0.2, 0.25) is 0 Å². The standard InChI is InChI=1S/C29H37N5O5S/c1-28(2,30)25(36)31-22(14-9-12-20-10-5-4-6-11-20)24(35)33-18-16-29(17-19-33)21-13-7-8-15-23(21)34-26(29)40(34,38)32-27(37)39-3/h4-8,10-11,13,15,22H,9,12,14,16-19,30H2,1-3H3,(H,31,36)(H,32,37,38)/t22-,34?,40?/m1/s1. The van der Waals surface area contributed by atoms with Gasteiger partial charge >= 0.3 is 6.09 Å². The summed E-state index contributed by atoms with van der Waals surface area (Å²) in [5.41, 5.74) is 7.41. The van der Waals surface area contributed by atoms with Crippen LogP contribution in [0.4, 0.5) is 10.5 Å². The smallest absolute Gasteiger partial charge is 0.419 e. The first-order valence-electron chi connectivity index (χ1n) is 13.6. The molecule has 0 aliphatic carbocycles. The first kappa shape index (κ1) is 28.0. The molecule has 2 atom stereocenters. The van der Waals surface area contributed by atoms with Crippen molar-refractivity contribution < 1.29 is 23.3 Å². The Morgan fingerprint density at radius 1 is 1.07 bits per heavy atom. The zero-order valence-electron chi connectivity index (χ0n) is 23.1. The second-order valence-corrected chi connectivity index (χ2v) is 13.3. The van der Waals surface area contributed by atoms with Gasteiger partial charge in [0.25, 0.3) is 0 Å². The number of amides is 3. The molecule has 4 N–H and O–H groups in total. The van der Waals surface area contributed by atoms with Crippen molar-refractivity contribution in [3.8, 4) is 0 Å². The van der Waals surface area contributed by atoms with E-state index in [1.165, 1.54) is 12.7 Å². The van der Waals surface area contributed by atoms with E-state index in [-0.39, 0.29) is 11.8 Å². The summed E-state index contributed by atoms with van der Waals surface area (Å²) in [5.74, 6) is -0.514. The van der Waals surface area contributed by atoms with E-state index in [9.17, 15) is 18.6 Å². The van der Waals surface area contributed by atoms with Crippen LogP contribution in [-0.2, 0) is 36.1 Å². The number of aryl methyl sites for hydroxylation is 1. The Morgan fingerprint density at radius 2 is 1.73 bits per heavy atom. The fourth-order valence-electron chi connectivity index (χ4n) is 5.88. The highest BCUT2D eigenvalue weighted by Crippen LogP contribution is 2.56. The van der Waals surface area contributed by atoms with E-state index in [0.717, 1.165) is 24.1 Å². The number of benzene rings is 2. The molecule has 1 saturated heterocycles. The Morgan fingerprint density at radius 3 is 2.38 bits per heavy atom. The number of piperidine rings is 1. The minimum absolute atomic E-state index is 0.141. The lowest BCUT2D eigenvalue weighted by atomic mass is 9.74. The van der Waals surface area contributed by atoms with Crippen LogP contribution in [-0.4, -0.2) is 63.8 Å². The minimum Gasteiger partial charge on any atom is -0.452 e. The topological polar surface area (TPSA) is 134 Å². The van der Waals surface area contributed by atoms with Crippen LogP contribution in [0.3, 0.4) is 0 Å². The Kier molecular flexibility index (Phi) is 7.30. The summed E-state index contributed by atoms with van der Waals surface area (Å²) in [5, 5.41) is 2.90. The van der Waals surface area contributed by atoms with Gasteiger partial charge in [0.2, 0.25) is 11.8 Å². The molecule has 0 radical (unpaired) electrons. The zero-order chi connectivity index (χ0) is 28.7. The second kappa shape index (κ2) is 10.4. The molecule has 3 aliphatic rings. The van der Waals surface area contributed by atoms with Crippen molar-refractivity contribution in [2.24, 2.45) is 5.73 Å². The molecule has 0 aromatic heterocycles. The van der Waals surface area contributed by atoms with Crippen molar-refractivity contribution >= 4 is 38.5 Å². The molecular weight excluding hydrogens is 530 g/mol. The average molecular weight is 568 g/mol. The number of carbonyl (C=O) groups excluding carboxylic acids is 3. The average Bonchev–Trinajstić information content (AvgIpc) is 3.44. The Labute approximate surface area is 235 Å². The fourth-order valence-corrected chi connectivity index (χ4v) is 8.50. The molecule has 5 rings (SSSR count). The number of nitrogens with two attached hydrogens (primary N) is 1. The van der Waals surface area contributed by atoms with Gasteiger partial charge in [-0.05, 0) is 63.1 Å². The third kappa shape index (κ3) is 4.92. The minimum atomic E-state index is -2.91. The van der Waals surface area contributed by atoms with E-state index in [1.54, 1.807) is 23.1 Å². The van der Waals surface area contributed by atoms with Gasteiger partial charge in [-0.15, -0.1) is 0 Å². The van der Waals surface area contributed by atoms with Gasteiger partial charge in [0.05, 0.1) is 23.8 Å². The lowest BCUT2D eigenvalue weighted by molar-refractivity contribution is -0.138.